The van der Waals surface area contributed by atoms with Crippen LogP contribution in [0.15, 0.2) is 30.3 Å². The SMILES string of the molecule is NC1CC2CCN(Cc3ccccc3)CCC2C1. The van der Waals surface area contributed by atoms with Crippen molar-refractivity contribution in [3.8, 4) is 0 Å². The Morgan fingerprint density at radius 1 is 1.00 bits per heavy atom. The van der Waals surface area contributed by atoms with Crippen molar-refractivity contribution < 1.29 is 0 Å². The Hall–Kier alpha value is -0.860. The molecule has 0 aromatic heterocycles. The van der Waals surface area contributed by atoms with Crippen LogP contribution in [0, 0.1) is 11.8 Å². The summed E-state index contributed by atoms with van der Waals surface area (Å²) in [6.45, 7) is 3.62. The Morgan fingerprint density at radius 3 is 2.22 bits per heavy atom. The van der Waals surface area contributed by atoms with Crippen molar-refractivity contribution in [1.82, 2.24) is 4.90 Å². The van der Waals surface area contributed by atoms with Gasteiger partial charge < -0.3 is 5.73 Å². The Labute approximate surface area is 110 Å². The molecule has 2 nitrogen and oxygen atoms in total. The summed E-state index contributed by atoms with van der Waals surface area (Å²) in [4.78, 5) is 2.62. The molecule has 0 radical (unpaired) electrons. The molecule has 2 N–H and O–H groups in total. The highest BCUT2D eigenvalue weighted by Crippen LogP contribution is 2.37. The molecular weight excluding hydrogens is 220 g/mol. The maximum atomic E-state index is 6.09. The molecule has 2 atom stereocenters. The van der Waals surface area contributed by atoms with Gasteiger partial charge in [-0.15, -0.1) is 0 Å². The number of benzene rings is 1. The van der Waals surface area contributed by atoms with E-state index in [9.17, 15) is 0 Å². The van der Waals surface area contributed by atoms with Gasteiger partial charge in [0.2, 0.25) is 0 Å². The normalized spacial score (nSPS) is 33.1. The topological polar surface area (TPSA) is 29.3 Å². The van der Waals surface area contributed by atoms with Crippen molar-refractivity contribution in [2.75, 3.05) is 13.1 Å². The van der Waals surface area contributed by atoms with Crippen LogP contribution in [0.1, 0.15) is 31.2 Å². The van der Waals surface area contributed by atoms with Crippen LogP contribution in [0.3, 0.4) is 0 Å². The fraction of sp³-hybridized carbons (Fsp3) is 0.625. The first-order valence-electron chi connectivity index (χ1n) is 7.33. The van der Waals surface area contributed by atoms with Crippen molar-refractivity contribution in [3.63, 3.8) is 0 Å². The third-order valence-electron chi connectivity index (χ3n) is 4.76. The number of nitrogens with zero attached hydrogens (tertiary/aromatic N) is 1. The zero-order chi connectivity index (χ0) is 12.4. The third-order valence-corrected chi connectivity index (χ3v) is 4.76. The number of hydrogen-bond acceptors (Lipinski definition) is 2. The van der Waals surface area contributed by atoms with E-state index in [2.05, 4.69) is 35.2 Å². The molecule has 1 aliphatic heterocycles. The summed E-state index contributed by atoms with van der Waals surface area (Å²) < 4.78 is 0. The van der Waals surface area contributed by atoms with Crippen molar-refractivity contribution in [2.24, 2.45) is 17.6 Å². The molecule has 2 fully saturated rings. The molecule has 2 heteroatoms. The Morgan fingerprint density at radius 2 is 1.61 bits per heavy atom. The van der Waals surface area contributed by atoms with Crippen LogP contribution in [-0.2, 0) is 6.54 Å². The molecule has 0 spiro atoms. The lowest BCUT2D eigenvalue weighted by atomic mass is 9.92. The maximum absolute atomic E-state index is 6.09. The van der Waals surface area contributed by atoms with Gasteiger partial charge in [0.1, 0.15) is 0 Å². The Balaban J connectivity index is 1.57. The smallest absolute Gasteiger partial charge is 0.0233 e. The number of hydrogen-bond donors (Lipinski definition) is 1. The quantitative estimate of drug-likeness (QED) is 0.866. The molecular formula is C16H24N2. The molecule has 2 aliphatic rings. The van der Waals surface area contributed by atoms with Crippen molar-refractivity contribution in [2.45, 2.75) is 38.3 Å². The molecule has 1 saturated heterocycles. The molecule has 1 heterocycles. The predicted molar refractivity (Wildman–Crippen MR) is 75.1 cm³/mol. The van der Waals surface area contributed by atoms with Crippen molar-refractivity contribution in [3.05, 3.63) is 35.9 Å². The summed E-state index contributed by atoms with van der Waals surface area (Å²) >= 11 is 0. The molecule has 98 valence electrons. The number of rotatable bonds is 2. The number of fused-ring (bicyclic) bond motifs is 1. The minimum atomic E-state index is 0.487. The highest BCUT2D eigenvalue weighted by Gasteiger charge is 2.34. The summed E-state index contributed by atoms with van der Waals surface area (Å²) in [5.74, 6) is 1.81. The lowest BCUT2D eigenvalue weighted by molar-refractivity contribution is 0.268. The summed E-state index contributed by atoms with van der Waals surface area (Å²) in [5, 5.41) is 0. The van der Waals surface area contributed by atoms with Gasteiger partial charge in [-0.2, -0.15) is 0 Å². The van der Waals surface area contributed by atoms with Crippen LogP contribution < -0.4 is 5.73 Å². The van der Waals surface area contributed by atoms with E-state index >= 15 is 0 Å². The van der Waals surface area contributed by atoms with Crippen LogP contribution in [0.5, 0.6) is 0 Å². The molecule has 2 unspecified atom stereocenters. The second-order valence-corrected chi connectivity index (χ2v) is 6.09. The van der Waals surface area contributed by atoms with E-state index < -0.39 is 0 Å². The zero-order valence-electron chi connectivity index (χ0n) is 11.1. The molecule has 1 saturated carbocycles. The van der Waals surface area contributed by atoms with E-state index in [4.69, 9.17) is 5.73 Å². The monoisotopic (exact) mass is 244 g/mol. The van der Waals surface area contributed by atoms with E-state index in [0.717, 1.165) is 18.4 Å². The van der Waals surface area contributed by atoms with Crippen molar-refractivity contribution >= 4 is 0 Å². The van der Waals surface area contributed by atoms with Gasteiger partial charge in [0.15, 0.2) is 0 Å². The summed E-state index contributed by atoms with van der Waals surface area (Å²) in [7, 11) is 0. The minimum Gasteiger partial charge on any atom is -0.328 e. The Kier molecular flexibility index (Phi) is 3.67. The fourth-order valence-corrected chi connectivity index (χ4v) is 3.77. The minimum absolute atomic E-state index is 0.487. The Bertz CT molecular complexity index is 360. The molecule has 1 aliphatic carbocycles. The standard InChI is InChI=1S/C16H24N2/c17-16-10-14-6-8-18(9-7-15(14)11-16)12-13-4-2-1-3-5-13/h1-5,14-16H,6-12,17H2. The van der Waals surface area contributed by atoms with Gasteiger partial charge >= 0.3 is 0 Å². The predicted octanol–water partition coefficient (Wildman–Crippen LogP) is 2.64. The first-order valence-corrected chi connectivity index (χ1v) is 7.33. The maximum Gasteiger partial charge on any atom is 0.0233 e. The van der Waals surface area contributed by atoms with Crippen LogP contribution in [0.25, 0.3) is 0 Å². The fourth-order valence-electron chi connectivity index (χ4n) is 3.77. The van der Waals surface area contributed by atoms with E-state index in [1.165, 1.54) is 44.3 Å². The lowest BCUT2D eigenvalue weighted by Gasteiger charge is -2.20. The van der Waals surface area contributed by atoms with Gasteiger partial charge in [-0.1, -0.05) is 30.3 Å². The third kappa shape index (κ3) is 2.76. The highest BCUT2D eigenvalue weighted by atomic mass is 15.1. The average molecular weight is 244 g/mol. The van der Waals surface area contributed by atoms with Crippen LogP contribution in [0.4, 0.5) is 0 Å². The number of nitrogens with two attached hydrogens (primary N) is 1. The second-order valence-electron chi connectivity index (χ2n) is 6.09. The van der Waals surface area contributed by atoms with Crippen LogP contribution >= 0.6 is 0 Å². The van der Waals surface area contributed by atoms with Gasteiger partial charge in [-0.3, -0.25) is 4.90 Å². The van der Waals surface area contributed by atoms with Gasteiger partial charge in [0.25, 0.3) is 0 Å². The van der Waals surface area contributed by atoms with E-state index in [0.29, 0.717) is 6.04 Å². The van der Waals surface area contributed by atoms with Gasteiger partial charge in [-0.05, 0) is 56.2 Å². The second kappa shape index (κ2) is 5.41. The molecule has 0 bridgehead atoms. The van der Waals surface area contributed by atoms with Gasteiger partial charge in [0, 0.05) is 12.6 Å². The average Bonchev–Trinajstić information content (AvgIpc) is 2.65. The van der Waals surface area contributed by atoms with Crippen LogP contribution in [0.2, 0.25) is 0 Å². The molecule has 0 amide bonds. The summed E-state index contributed by atoms with van der Waals surface area (Å²) in [5.41, 5.74) is 7.54. The van der Waals surface area contributed by atoms with E-state index in [-0.39, 0.29) is 0 Å². The van der Waals surface area contributed by atoms with Gasteiger partial charge in [0.05, 0.1) is 0 Å². The molecule has 1 aromatic rings. The summed E-state index contributed by atoms with van der Waals surface area (Å²) in [6, 6.07) is 11.3. The first kappa shape index (κ1) is 12.2. The van der Waals surface area contributed by atoms with E-state index in [1.54, 1.807) is 0 Å². The molecule has 18 heavy (non-hydrogen) atoms. The molecule has 3 rings (SSSR count). The highest BCUT2D eigenvalue weighted by molar-refractivity contribution is 5.14. The van der Waals surface area contributed by atoms with E-state index in [1.807, 2.05) is 0 Å². The van der Waals surface area contributed by atoms with Crippen LogP contribution in [-0.4, -0.2) is 24.0 Å². The molecule has 1 aromatic carbocycles. The van der Waals surface area contributed by atoms with Gasteiger partial charge in [-0.25, -0.2) is 0 Å². The van der Waals surface area contributed by atoms with Crippen molar-refractivity contribution in [1.29, 1.82) is 0 Å². The first-order chi connectivity index (χ1) is 8.81. The number of likely N-dealkylation sites (tertiary alicyclic amines) is 1. The summed E-state index contributed by atoms with van der Waals surface area (Å²) in [6.07, 6.45) is 5.24. The lowest BCUT2D eigenvalue weighted by Crippen LogP contribution is -2.25. The largest absolute Gasteiger partial charge is 0.328 e. The zero-order valence-corrected chi connectivity index (χ0v) is 11.1.